The molecule has 8 nitrogen and oxygen atoms in total. The molecule has 2 rings (SSSR count). The Bertz CT molecular complexity index is 821. The van der Waals surface area contributed by atoms with E-state index in [2.05, 4.69) is 0 Å². The first-order chi connectivity index (χ1) is 16.7. The number of ether oxygens (including phenoxy) is 2. The van der Waals surface area contributed by atoms with Crippen LogP contribution >= 0.6 is 0 Å². The van der Waals surface area contributed by atoms with Gasteiger partial charge in [-0.15, -0.1) is 0 Å². The summed E-state index contributed by atoms with van der Waals surface area (Å²) in [5.41, 5.74) is 0.829. The van der Waals surface area contributed by atoms with Crippen LogP contribution in [0.15, 0.2) is 11.6 Å². The number of amides is 1. The van der Waals surface area contributed by atoms with Crippen molar-refractivity contribution in [3.63, 3.8) is 0 Å². The maximum Gasteiger partial charge on any atom is 0.329 e. The van der Waals surface area contributed by atoms with E-state index in [0.717, 1.165) is 12.0 Å². The minimum atomic E-state index is -2.20. The first-order valence-corrected chi connectivity index (χ1v) is 13.5. The first-order valence-electron chi connectivity index (χ1n) is 13.5. The average Bonchev–Trinajstić information content (AvgIpc) is 2.82. The predicted octanol–water partition coefficient (Wildman–Crippen LogP) is 3.63. The molecule has 1 amide bonds. The molecule has 206 valence electrons. The van der Waals surface area contributed by atoms with Crippen LogP contribution in [0.1, 0.15) is 87.5 Å². The van der Waals surface area contributed by atoms with E-state index < -0.39 is 47.6 Å². The number of ketones is 1. The summed E-state index contributed by atoms with van der Waals surface area (Å²) in [6, 6.07) is -0.901. The number of rotatable bonds is 9. The van der Waals surface area contributed by atoms with E-state index in [1.807, 2.05) is 47.6 Å². The quantitative estimate of drug-likeness (QED) is 0.277. The van der Waals surface area contributed by atoms with Crippen LogP contribution in [0.25, 0.3) is 0 Å². The third-order valence-electron chi connectivity index (χ3n) is 7.77. The molecule has 2 aliphatic rings. The van der Waals surface area contributed by atoms with Crippen LogP contribution in [0.3, 0.4) is 0 Å². The number of likely N-dealkylation sites (tertiary alicyclic amines) is 1. The number of aliphatic hydroxyl groups excluding tert-OH is 1. The molecule has 0 radical (unpaired) electrons. The van der Waals surface area contributed by atoms with Gasteiger partial charge in [0.05, 0.1) is 12.2 Å². The summed E-state index contributed by atoms with van der Waals surface area (Å²) < 4.78 is 11.7. The maximum absolute atomic E-state index is 13.4. The van der Waals surface area contributed by atoms with Gasteiger partial charge in [-0.2, -0.15) is 0 Å². The number of piperidine rings is 1. The molecule has 0 aromatic carbocycles. The molecule has 0 aliphatic carbocycles. The number of Topliss-reactive ketones (excluding diaryl/α,β-unsaturated/α-hetero) is 1. The molecule has 8 heteroatoms. The fourth-order valence-corrected chi connectivity index (χ4v) is 5.07. The van der Waals surface area contributed by atoms with Gasteiger partial charge < -0.3 is 24.6 Å². The van der Waals surface area contributed by atoms with Crippen molar-refractivity contribution in [2.45, 2.75) is 118 Å². The van der Waals surface area contributed by atoms with E-state index in [0.29, 0.717) is 25.7 Å². The van der Waals surface area contributed by atoms with E-state index in [1.54, 1.807) is 13.8 Å². The highest BCUT2D eigenvalue weighted by atomic mass is 16.6. The van der Waals surface area contributed by atoms with Gasteiger partial charge in [-0.3, -0.25) is 9.59 Å². The van der Waals surface area contributed by atoms with Gasteiger partial charge in [0, 0.05) is 18.4 Å². The third kappa shape index (κ3) is 6.95. The summed E-state index contributed by atoms with van der Waals surface area (Å²) in [7, 11) is 0. The molecule has 2 fully saturated rings. The third-order valence-corrected chi connectivity index (χ3v) is 7.77. The van der Waals surface area contributed by atoms with E-state index in [9.17, 15) is 24.6 Å². The van der Waals surface area contributed by atoms with Crippen molar-refractivity contribution in [3.05, 3.63) is 11.6 Å². The molecule has 2 aliphatic heterocycles. The van der Waals surface area contributed by atoms with Crippen molar-refractivity contribution < 1.29 is 34.1 Å². The molecule has 0 saturated carbocycles. The van der Waals surface area contributed by atoms with Crippen molar-refractivity contribution in [2.24, 2.45) is 23.7 Å². The zero-order valence-electron chi connectivity index (χ0n) is 23.3. The van der Waals surface area contributed by atoms with Crippen molar-refractivity contribution in [2.75, 3.05) is 6.54 Å². The lowest BCUT2D eigenvalue weighted by Gasteiger charge is -2.43. The normalized spacial score (nSPS) is 30.2. The molecule has 0 bridgehead atoms. The highest BCUT2D eigenvalue weighted by molar-refractivity contribution is 6.39. The average molecular weight is 510 g/mol. The fourth-order valence-electron chi connectivity index (χ4n) is 5.07. The molecular formula is C28H47NO7. The van der Waals surface area contributed by atoms with Crippen LogP contribution in [-0.2, 0) is 23.9 Å². The van der Waals surface area contributed by atoms with Crippen LogP contribution in [0.2, 0.25) is 0 Å². The summed E-state index contributed by atoms with van der Waals surface area (Å²) in [6.07, 6.45) is 3.56. The molecule has 36 heavy (non-hydrogen) atoms. The Morgan fingerprint density at radius 1 is 1.06 bits per heavy atom. The van der Waals surface area contributed by atoms with Crippen molar-refractivity contribution >= 4 is 17.7 Å². The minimum absolute atomic E-state index is 0.0223. The Kier molecular flexibility index (Phi) is 10.7. The van der Waals surface area contributed by atoms with E-state index in [-0.39, 0.29) is 30.4 Å². The SMILES string of the molecule is C/C(=C\C(C)C(C)O)C(OC(=O)C1CCCCN1C(=O)C(=O)C1(O)OC(C(C)C)CCC1C)C(C)C. The van der Waals surface area contributed by atoms with Gasteiger partial charge in [0.15, 0.2) is 0 Å². The molecule has 7 unspecified atom stereocenters. The lowest BCUT2D eigenvalue weighted by atomic mass is 9.84. The summed E-state index contributed by atoms with van der Waals surface area (Å²) in [6.45, 7) is 15.2. The Balaban J connectivity index is 2.23. The Morgan fingerprint density at radius 2 is 1.69 bits per heavy atom. The van der Waals surface area contributed by atoms with Crippen LogP contribution < -0.4 is 0 Å². The smallest absolute Gasteiger partial charge is 0.329 e. The second kappa shape index (κ2) is 12.7. The van der Waals surface area contributed by atoms with Crippen LogP contribution in [0.5, 0.6) is 0 Å². The number of carbonyl (C=O) groups is 3. The molecule has 0 spiro atoms. The van der Waals surface area contributed by atoms with Gasteiger partial charge >= 0.3 is 5.97 Å². The highest BCUT2D eigenvalue weighted by Gasteiger charge is 2.53. The summed E-state index contributed by atoms with van der Waals surface area (Å²) in [5, 5.41) is 21.1. The summed E-state index contributed by atoms with van der Waals surface area (Å²) >= 11 is 0. The molecule has 2 saturated heterocycles. The lowest BCUT2D eigenvalue weighted by molar-refractivity contribution is -0.269. The van der Waals surface area contributed by atoms with Crippen molar-refractivity contribution in [1.29, 1.82) is 0 Å². The minimum Gasteiger partial charge on any atom is -0.456 e. The Labute approximate surface area is 216 Å². The zero-order valence-corrected chi connectivity index (χ0v) is 23.3. The van der Waals surface area contributed by atoms with E-state index >= 15 is 0 Å². The van der Waals surface area contributed by atoms with Gasteiger partial charge in [0.25, 0.3) is 11.7 Å². The largest absolute Gasteiger partial charge is 0.456 e. The zero-order chi connectivity index (χ0) is 27.4. The monoisotopic (exact) mass is 509 g/mol. The summed E-state index contributed by atoms with van der Waals surface area (Å²) in [5.74, 6) is -5.24. The van der Waals surface area contributed by atoms with Gasteiger partial charge in [0.2, 0.25) is 5.79 Å². The Morgan fingerprint density at radius 3 is 2.25 bits per heavy atom. The van der Waals surface area contributed by atoms with Crippen LogP contribution in [0.4, 0.5) is 0 Å². The maximum atomic E-state index is 13.4. The molecule has 0 aromatic rings. The van der Waals surface area contributed by atoms with E-state index in [1.165, 1.54) is 4.90 Å². The van der Waals surface area contributed by atoms with E-state index in [4.69, 9.17) is 9.47 Å². The lowest BCUT2D eigenvalue weighted by Crippen LogP contribution is -2.61. The number of aliphatic hydroxyl groups is 2. The van der Waals surface area contributed by atoms with Gasteiger partial charge in [-0.1, -0.05) is 47.6 Å². The molecule has 7 atom stereocenters. The van der Waals surface area contributed by atoms with Crippen molar-refractivity contribution in [1.82, 2.24) is 4.90 Å². The standard InChI is InChI=1S/C28H47NO7/c1-16(2)23-13-12-20(7)28(34,36-23)25(31)26(32)29-14-10-9-11-22(29)27(33)35-24(17(3)4)19(6)15-18(5)21(8)30/h15-18,20-24,30,34H,9-14H2,1-8H3/b19-15+. The molecular weight excluding hydrogens is 462 g/mol. The van der Waals surface area contributed by atoms with Gasteiger partial charge in [0.1, 0.15) is 12.1 Å². The van der Waals surface area contributed by atoms with Crippen molar-refractivity contribution in [3.8, 4) is 0 Å². The molecule has 2 heterocycles. The van der Waals surface area contributed by atoms with Crippen LogP contribution in [-0.4, -0.2) is 69.5 Å². The molecule has 0 aromatic heterocycles. The number of nitrogens with zero attached hydrogens (tertiary/aromatic N) is 1. The second-order valence-corrected chi connectivity index (χ2v) is 11.5. The fraction of sp³-hybridized carbons (Fsp3) is 0.821. The first kappa shape index (κ1) is 30.5. The summed E-state index contributed by atoms with van der Waals surface area (Å²) in [4.78, 5) is 41.3. The predicted molar refractivity (Wildman–Crippen MR) is 137 cm³/mol. The number of hydrogen-bond acceptors (Lipinski definition) is 7. The highest BCUT2D eigenvalue weighted by Crippen LogP contribution is 2.36. The Hall–Kier alpha value is -1.77. The number of esters is 1. The molecule has 2 N–H and O–H groups in total. The number of hydrogen-bond donors (Lipinski definition) is 2. The van der Waals surface area contributed by atoms with Crippen LogP contribution in [0, 0.1) is 23.7 Å². The van der Waals surface area contributed by atoms with Gasteiger partial charge in [-0.25, -0.2) is 4.79 Å². The number of carbonyl (C=O) groups excluding carboxylic acids is 3. The second-order valence-electron chi connectivity index (χ2n) is 11.5. The van der Waals surface area contributed by atoms with Gasteiger partial charge in [-0.05, 0) is 63.4 Å². The topological polar surface area (TPSA) is 113 Å².